The fourth-order valence-electron chi connectivity index (χ4n) is 3.20. The van der Waals surface area contributed by atoms with Crippen LogP contribution in [0.1, 0.15) is 33.2 Å². The normalized spacial score (nSPS) is 11.0. The lowest BCUT2D eigenvalue weighted by Gasteiger charge is -2.23. The van der Waals surface area contributed by atoms with E-state index in [-0.39, 0.29) is 12.1 Å². The first-order chi connectivity index (χ1) is 15.7. The second-order valence-electron chi connectivity index (χ2n) is 7.26. The van der Waals surface area contributed by atoms with Crippen molar-refractivity contribution in [2.75, 3.05) is 22.5 Å². The highest BCUT2D eigenvalue weighted by atomic mass is 32.2. The zero-order valence-electron chi connectivity index (χ0n) is 18.3. The predicted molar refractivity (Wildman–Crippen MR) is 128 cm³/mol. The summed E-state index contributed by atoms with van der Waals surface area (Å²) in [6, 6.07) is 19.8. The number of amides is 2. The standard InChI is InChI=1S/C24H25N3O5S/c1-3-32-20-14-12-19(13-15-20)27(33(2,30)31)16-17-8-10-18(11-9-17)24(29)26-22-7-5-4-6-21(22)23(25)28/h4-15H,3,16H2,1-2H3,(H2,25,28)(H,26,29). The number of ether oxygens (including phenoxy) is 1. The molecule has 0 fully saturated rings. The second kappa shape index (κ2) is 10.2. The summed E-state index contributed by atoms with van der Waals surface area (Å²) in [5.41, 5.74) is 7.43. The third-order valence-corrected chi connectivity index (χ3v) is 5.96. The van der Waals surface area contributed by atoms with Crippen molar-refractivity contribution in [2.45, 2.75) is 13.5 Å². The minimum Gasteiger partial charge on any atom is -0.494 e. The molecule has 0 heterocycles. The number of primary amides is 1. The molecule has 3 rings (SSSR count). The Labute approximate surface area is 193 Å². The van der Waals surface area contributed by atoms with Crippen LogP contribution < -0.4 is 20.1 Å². The second-order valence-corrected chi connectivity index (χ2v) is 9.16. The summed E-state index contributed by atoms with van der Waals surface area (Å²) in [6.07, 6.45) is 1.14. The van der Waals surface area contributed by atoms with Gasteiger partial charge in [0.1, 0.15) is 5.75 Å². The van der Waals surface area contributed by atoms with Crippen molar-refractivity contribution in [1.82, 2.24) is 0 Å². The van der Waals surface area contributed by atoms with E-state index in [0.29, 0.717) is 34.9 Å². The van der Waals surface area contributed by atoms with Gasteiger partial charge in [0.15, 0.2) is 0 Å². The molecule has 3 N–H and O–H groups in total. The van der Waals surface area contributed by atoms with Gasteiger partial charge in [-0.1, -0.05) is 24.3 Å². The van der Waals surface area contributed by atoms with Crippen LogP contribution in [0.25, 0.3) is 0 Å². The van der Waals surface area contributed by atoms with Gasteiger partial charge in [-0.3, -0.25) is 13.9 Å². The Bertz CT molecular complexity index is 1240. The van der Waals surface area contributed by atoms with Crippen molar-refractivity contribution in [1.29, 1.82) is 0 Å². The number of hydrogen-bond donors (Lipinski definition) is 2. The lowest BCUT2D eigenvalue weighted by Crippen LogP contribution is -2.29. The van der Waals surface area contributed by atoms with Gasteiger partial charge in [0.25, 0.3) is 11.8 Å². The molecular formula is C24H25N3O5S. The van der Waals surface area contributed by atoms with Gasteiger partial charge in [-0.2, -0.15) is 0 Å². The minimum absolute atomic E-state index is 0.0965. The Hall–Kier alpha value is -3.85. The average molecular weight is 468 g/mol. The summed E-state index contributed by atoms with van der Waals surface area (Å²) in [7, 11) is -3.55. The smallest absolute Gasteiger partial charge is 0.255 e. The fourth-order valence-corrected chi connectivity index (χ4v) is 4.09. The number of sulfonamides is 1. The molecule has 33 heavy (non-hydrogen) atoms. The van der Waals surface area contributed by atoms with Crippen molar-refractivity contribution in [2.24, 2.45) is 5.73 Å². The van der Waals surface area contributed by atoms with Gasteiger partial charge < -0.3 is 15.8 Å². The monoisotopic (exact) mass is 467 g/mol. The van der Waals surface area contributed by atoms with Crippen LogP contribution in [-0.2, 0) is 16.6 Å². The number of carbonyl (C=O) groups is 2. The van der Waals surface area contributed by atoms with Crippen molar-refractivity contribution in [3.8, 4) is 5.75 Å². The van der Waals surface area contributed by atoms with Crippen LogP contribution >= 0.6 is 0 Å². The number of anilines is 2. The number of nitrogens with one attached hydrogen (secondary N) is 1. The number of rotatable bonds is 9. The van der Waals surface area contributed by atoms with E-state index in [2.05, 4.69) is 5.32 Å². The van der Waals surface area contributed by atoms with E-state index >= 15 is 0 Å². The van der Waals surface area contributed by atoms with Gasteiger partial charge in [-0.15, -0.1) is 0 Å². The minimum atomic E-state index is -3.55. The zero-order chi connectivity index (χ0) is 24.0. The molecule has 0 aliphatic heterocycles. The third-order valence-electron chi connectivity index (χ3n) is 4.82. The Kier molecular flexibility index (Phi) is 7.34. The lowest BCUT2D eigenvalue weighted by atomic mass is 10.1. The van der Waals surface area contributed by atoms with E-state index in [1.54, 1.807) is 66.7 Å². The molecule has 0 aliphatic rings. The number of nitrogens with zero attached hydrogens (tertiary/aromatic N) is 1. The molecular weight excluding hydrogens is 442 g/mol. The van der Waals surface area contributed by atoms with Gasteiger partial charge in [-0.25, -0.2) is 8.42 Å². The van der Waals surface area contributed by atoms with Gasteiger partial charge >= 0.3 is 0 Å². The van der Waals surface area contributed by atoms with E-state index in [1.807, 2.05) is 6.92 Å². The van der Waals surface area contributed by atoms with Gasteiger partial charge in [-0.05, 0) is 61.0 Å². The predicted octanol–water partition coefficient (Wildman–Crippen LogP) is 3.40. The Morgan fingerprint density at radius 1 is 0.970 bits per heavy atom. The van der Waals surface area contributed by atoms with Crippen molar-refractivity contribution < 1.29 is 22.7 Å². The number of para-hydroxylation sites is 1. The molecule has 3 aromatic carbocycles. The molecule has 0 radical (unpaired) electrons. The highest BCUT2D eigenvalue weighted by Crippen LogP contribution is 2.24. The molecule has 8 nitrogen and oxygen atoms in total. The van der Waals surface area contributed by atoms with Crippen molar-refractivity contribution in [3.05, 3.63) is 89.5 Å². The van der Waals surface area contributed by atoms with Crippen LogP contribution in [0.4, 0.5) is 11.4 Å². The van der Waals surface area contributed by atoms with Crippen molar-refractivity contribution in [3.63, 3.8) is 0 Å². The lowest BCUT2D eigenvalue weighted by molar-refractivity contribution is 0.100. The molecule has 3 aromatic rings. The number of nitrogens with two attached hydrogens (primary N) is 1. The number of benzene rings is 3. The maximum Gasteiger partial charge on any atom is 0.255 e. The van der Waals surface area contributed by atoms with Crippen molar-refractivity contribution >= 4 is 33.2 Å². The average Bonchev–Trinajstić information content (AvgIpc) is 2.78. The van der Waals surface area contributed by atoms with Gasteiger partial charge in [0.05, 0.1) is 36.3 Å². The molecule has 0 aromatic heterocycles. The Morgan fingerprint density at radius 2 is 1.61 bits per heavy atom. The van der Waals surface area contributed by atoms with Crippen LogP contribution in [0.15, 0.2) is 72.8 Å². The molecule has 9 heteroatoms. The molecule has 0 atom stereocenters. The quantitative estimate of drug-likeness (QED) is 0.500. The van der Waals surface area contributed by atoms with Crippen LogP contribution in [0, 0.1) is 0 Å². The topological polar surface area (TPSA) is 119 Å². The first kappa shape index (κ1) is 23.8. The first-order valence-corrected chi connectivity index (χ1v) is 12.0. The Morgan fingerprint density at radius 3 is 2.18 bits per heavy atom. The summed E-state index contributed by atoms with van der Waals surface area (Å²) >= 11 is 0. The fraction of sp³-hybridized carbons (Fsp3) is 0.167. The number of carbonyl (C=O) groups excluding carboxylic acids is 2. The summed E-state index contributed by atoms with van der Waals surface area (Å²) < 4.78 is 31.5. The molecule has 2 amide bonds. The molecule has 0 bridgehead atoms. The van der Waals surface area contributed by atoms with E-state index in [4.69, 9.17) is 10.5 Å². The maximum atomic E-state index is 12.6. The molecule has 0 saturated carbocycles. The van der Waals surface area contributed by atoms with E-state index in [1.165, 1.54) is 10.4 Å². The van der Waals surface area contributed by atoms with Crippen LogP contribution in [0.3, 0.4) is 0 Å². The maximum absolute atomic E-state index is 12.6. The van der Waals surface area contributed by atoms with Gasteiger partial charge in [0.2, 0.25) is 10.0 Å². The largest absolute Gasteiger partial charge is 0.494 e. The van der Waals surface area contributed by atoms with Crippen LogP contribution in [0.2, 0.25) is 0 Å². The highest BCUT2D eigenvalue weighted by molar-refractivity contribution is 7.92. The first-order valence-electron chi connectivity index (χ1n) is 10.2. The van der Waals surface area contributed by atoms with Gasteiger partial charge in [0, 0.05) is 5.56 Å². The van der Waals surface area contributed by atoms with E-state index in [0.717, 1.165) is 6.26 Å². The summed E-state index contributed by atoms with van der Waals surface area (Å²) in [4.78, 5) is 24.2. The molecule has 172 valence electrons. The molecule has 0 unspecified atom stereocenters. The highest BCUT2D eigenvalue weighted by Gasteiger charge is 2.18. The molecule has 0 saturated heterocycles. The third kappa shape index (κ3) is 6.11. The summed E-state index contributed by atoms with van der Waals surface area (Å²) in [5.74, 6) is -0.402. The van der Waals surface area contributed by atoms with Crippen LogP contribution in [0.5, 0.6) is 5.75 Å². The summed E-state index contributed by atoms with van der Waals surface area (Å²) in [5, 5.41) is 2.68. The molecule has 0 aliphatic carbocycles. The zero-order valence-corrected chi connectivity index (χ0v) is 19.1. The number of hydrogen-bond acceptors (Lipinski definition) is 5. The summed E-state index contributed by atoms with van der Waals surface area (Å²) in [6.45, 7) is 2.49. The SMILES string of the molecule is CCOc1ccc(N(Cc2ccc(C(=O)Nc3ccccc3C(N)=O)cc2)S(C)(=O)=O)cc1. The Balaban J connectivity index is 1.76. The van der Waals surface area contributed by atoms with E-state index < -0.39 is 21.8 Å². The van der Waals surface area contributed by atoms with E-state index in [9.17, 15) is 18.0 Å². The van der Waals surface area contributed by atoms with Crippen LogP contribution in [-0.4, -0.2) is 33.1 Å². The molecule has 0 spiro atoms.